The second kappa shape index (κ2) is 5.85. The van der Waals surface area contributed by atoms with Crippen molar-refractivity contribution >= 4 is 38.3 Å². The van der Waals surface area contributed by atoms with E-state index in [1.807, 2.05) is 12.1 Å². The van der Waals surface area contributed by atoms with Gasteiger partial charge in [0.1, 0.15) is 0 Å². The maximum Gasteiger partial charge on any atom is 0.0484 e. The smallest absolute Gasteiger partial charge is 0.0484 e. The predicted molar refractivity (Wildman–Crippen MR) is 89.3 cm³/mol. The fourth-order valence-electron chi connectivity index (χ4n) is 2.27. The second-order valence-electron chi connectivity index (χ2n) is 6.25. The summed E-state index contributed by atoms with van der Waals surface area (Å²) in [6, 6.07) is 12.5. The molecule has 2 rings (SSSR count). The normalized spacial score (nSPS) is 13.7. The molecule has 0 heterocycles. The van der Waals surface area contributed by atoms with Gasteiger partial charge in [-0.3, -0.25) is 0 Å². The number of fused-ring (bicyclic) bond motifs is 1. The summed E-state index contributed by atoms with van der Waals surface area (Å²) in [5.74, 6) is 0. The Morgan fingerprint density at radius 1 is 1.05 bits per heavy atom. The summed E-state index contributed by atoms with van der Waals surface area (Å²) < 4.78 is 0. The molecule has 0 aliphatic rings. The minimum absolute atomic E-state index is 0.369. The van der Waals surface area contributed by atoms with Crippen LogP contribution >= 0.6 is 27.5 Å². The molecule has 0 fully saturated rings. The van der Waals surface area contributed by atoms with Crippen molar-refractivity contribution < 1.29 is 0 Å². The van der Waals surface area contributed by atoms with Crippen molar-refractivity contribution in [1.29, 1.82) is 0 Å². The monoisotopic (exact) mass is 338 g/mol. The molecule has 0 saturated carbocycles. The number of rotatable bonds is 3. The zero-order chi connectivity index (χ0) is 14.0. The van der Waals surface area contributed by atoms with E-state index in [4.69, 9.17) is 11.6 Å². The zero-order valence-electron chi connectivity index (χ0n) is 11.7. The van der Waals surface area contributed by atoms with Gasteiger partial charge in [0.2, 0.25) is 0 Å². The number of benzene rings is 2. The summed E-state index contributed by atoms with van der Waals surface area (Å²) >= 11 is 10.1. The van der Waals surface area contributed by atoms with Crippen molar-refractivity contribution in [1.82, 2.24) is 0 Å². The summed E-state index contributed by atoms with van der Waals surface area (Å²) in [7, 11) is 0. The van der Waals surface area contributed by atoms with Crippen LogP contribution in [-0.4, -0.2) is 0 Å². The maximum atomic E-state index is 6.27. The first-order valence-corrected chi connectivity index (χ1v) is 7.99. The lowest BCUT2D eigenvalue weighted by molar-refractivity contribution is 0.365. The van der Waals surface area contributed by atoms with Crippen molar-refractivity contribution in [2.24, 2.45) is 5.41 Å². The van der Waals surface area contributed by atoms with Gasteiger partial charge in [-0.1, -0.05) is 78.6 Å². The van der Waals surface area contributed by atoms with E-state index in [1.165, 1.54) is 17.4 Å². The molecule has 102 valence electrons. The van der Waals surface area contributed by atoms with Crippen LogP contribution in [0.3, 0.4) is 0 Å². The van der Waals surface area contributed by atoms with Gasteiger partial charge in [-0.15, -0.1) is 0 Å². The van der Waals surface area contributed by atoms with Gasteiger partial charge in [-0.05, 0) is 35.3 Å². The van der Waals surface area contributed by atoms with Gasteiger partial charge >= 0.3 is 0 Å². The molecule has 0 aliphatic heterocycles. The molecular formula is C17H20BrCl. The Hall–Kier alpha value is -0.530. The van der Waals surface area contributed by atoms with Crippen LogP contribution in [-0.2, 0) is 0 Å². The molecule has 0 N–H and O–H groups in total. The standard InChI is InChI=1S/C17H20BrCl/c1-17(2,3)11-10-15(18)13-8-9-16(19)14-7-5-4-6-12(13)14/h4-9,15H,10-11H2,1-3H3. The Kier molecular flexibility index (Phi) is 4.58. The fraction of sp³-hybridized carbons (Fsp3) is 0.412. The van der Waals surface area contributed by atoms with E-state index in [2.05, 4.69) is 61.0 Å². The van der Waals surface area contributed by atoms with Crippen molar-refractivity contribution in [2.75, 3.05) is 0 Å². The fourth-order valence-corrected chi connectivity index (χ4v) is 3.13. The molecule has 1 atom stereocenters. The van der Waals surface area contributed by atoms with Gasteiger partial charge in [0.15, 0.2) is 0 Å². The molecule has 0 aromatic heterocycles. The largest absolute Gasteiger partial charge is 0.0839 e. The highest BCUT2D eigenvalue weighted by molar-refractivity contribution is 9.09. The van der Waals surface area contributed by atoms with E-state index in [9.17, 15) is 0 Å². The van der Waals surface area contributed by atoms with E-state index in [0.29, 0.717) is 10.2 Å². The molecule has 2 heteroatoms. The SMILES string of the molecule is CC(C)(C)CCC(Br)c1ccc(Cl)c2ccccc12. The maximum absolute atomic E-state index is 6.27. The van der Waals surface area contributed by atoms with Gasteiger partial charge in [-0.25, -0.2) is 0 Å². The minimum Gasteiger partial charge on any atom is -0.0839 e. The third-order valence-corrected chi connectivity index (χ3v) is 4.67. The van der Waals surface area contributed by atoms with E-state index in [0.717, 1.165) is 16.8 Å². The van der Waals surface area contributed by atoms with Crippen molar-refractivity contribution in [2.45, 2.75) is 38.4 Å². The molecule has 0 radical (unpaired) electrons. The number of hydrogen-bond donors (Lipinski definition) is 0. The van der Waals surface area contributed by atoms with Crippen LogP contribution in [0, 0.1) is 5.41 Å². The molecule has 2 aromatic carbocycles. The summed E-state index contributed by atoms with van der Waals surface area (Å²) in [6.07, 6.45) is 2.33. The highest BCUT2D eigenvalue weighted by Gasteiger charge is 2.16. The molecular weight excluding hydrogens is 320 g/mol. The molecule has 19 heavy (non-hydrogen) atoms. The van der Waals surface area contributed by atoms with Crippen LogP contribution in [0.4, 0.5) is 0 Å². The Labute approximate surface area is 129 Å². The van der Waals surface area contributed by atoms with E-state index < -0.39 is 0 Å². The van der Waals surface area contributed by atoms with E-state index in [1.54, 1.807) is 0 Å². The highest BCUT2D eigenvalue weighted by Crippen LogP contribution is 2.38. The Morgan fingerprint density at radius 3 is 2.32 bits per heavy atom. The summed E-state index contributed by atoms with van der Waals surface area (Å²) in [4.78, 5) is 0.383. The summed E-state index contributed by atoms with van der Waals surface area (Å²) in [5.41, 5.74) is 1.71. The second-order valence-corrected chi connectivity index (χ2v) is 7.76. The zero-order valence-corrected chi connectivity index (χ0v) is 14.1. The molecule has 0 nitrogen and oxygen atoms in total. The first-order valence-electron chi connectivity index (χ1n) is 6.70. The van der Waals surface area contributed by atoms with Crippen LogP contribution in [0.15, 0.2) is 36.4 Å². The van der Waals surface area contributed by atoms with Gasteiger partial charge in [-0.2, -0.15) is 0 Å². The van der Waals surface area contributed by atoms with Crippen LogP contribution in [0.5, 0.6) is 0 Å². The van der Waals surface area contributed by atoms with Crippen molar-refractivity contribution in [3.8, 4) is 0 Å². The Balaban J connectivity index is 2.32. The Morgan fingerprint density at radius 2 is 1.68 bits per heavy atom. The van der Waals surface area contributed by atoms with Crippen LogP contribution in [0.1, 0.15) is 44.0 Å². The lowest BCUT2D eigenvalue weighted by atomic mass is 9.88. The lowest BCUT2D eigenvalue weighted by Crippen LogP contribution is -2.06. The van der Waals surface area contributed by atoms with Gasteiger partial charge in [0.25, 0.3) is 0 Å². The third-order valence-electron chi connectivity index (χ3n) is 3.39. The van der Waals surface area contributed by atoms with E-state index in [-0.39, 0.29) is 0 Å². The summed E-state index contributed by atoms with van der Waals surface area (Å²) in [6.45, 7) is 6.85. The topological polar surface area (TPSA) is 0 Å². The van der Waals surface area contributed by atoms with Gasteiger partial charge < -0.3 is 0 Å². The molecule has 2 aromatic rings. The average molecular weight is 340 g/mol. The number of hydrogen-bond acceptors (Lipinski definition) is 0. The molecule has 0 saturated heterocycles. The first-order chi connectivity index (χ1) is 8.88. The molecule has 0 spiro atoms. The molecule has 0 aliphatic carbocycles. The number of halogens is 2. The lowest BCUT2D eigenvalue weighted by Gasteiger charge is -2.21. The van der Waals surface area contributed by atoms with Crippen LogP contribution in [0.25, 0.3) is 10.8 Å². The summed E-state index contributed by atoms with van der Waals surface area (Å²) in [5, 5.41) is 3.22. The molecule has 1 unspecified atom stereocenters. The average Bonchev–Trinajstić information content (AvgIpc) is 2.36. The molecule has 0 bridgehead atoms. The Bertz CT molecular complexity index is 569. The van der Waals surface area contributed by atoms with Crippen LogP contribution in [0.2, 0.25) is 5.02 Å². The van der Waals surface area contributed by atoms with Crippen molar-refractivity contribution in [3.05, 3.63) is 47.0 Å². The van der Waals surface area contributed by atoms with Gasteiger partial charge in [0.05, 0.1) is 0 Å². The van der Waals surface area contributed by atoms with Crippen molar-refractivity contribution in [3.63, 3.8) is 0 Å². The number of alkyl halides is 1. The minimum atomic E-state index is 0.369. The predicted octanol–water partition coefficient (Wildman–Crippen LogP) is 6.76. The molecule has 0 amide bonds. The first kappa shape index (κ1) is 14.9. The quantitative estimate of drug-likeness (QED) is 0.542. The third kappa shape index (κ3) is 3.73. The highest BCUT2D eigenvalue weighted by atomic mass is 79.9. The van der Waals surface area contributed by atoms with E-state index >= 15 is 0 Å². The van der Waals surface area contributed by atoms with Gasteiger partial charge in [0, 0.05) is 15.2 Å². The van der Waals surface area contributed by atoms with Crippen LogP contribution < -0.4 is 0 Å².